The van der Waals surface area contributed by atoms with Crippen LogP contribution < -0.4 is 5.32 Å². The van der Waals surface area contributed by atoms with Crippen molar-refractivity contribution < 1.29 is 13.2 Å². The van der Waals surface area contributed by atoms with Crippen LogP contribution in [0.4, 0.5) is 0 Å². The van der Waals surface area contributed by atoms with Gasteiger partial charge in [-0.1, -0.05) is 39.2 Å². The zero-order valence-corrected chi connectivity index (χ0v) is 16.9. The molecule has 1 fully saturated rings. The number of nitrogens with one attached hydrogen (secondary N) is 1. The Morgan fingerprint density at radius 2 is 2.24 bits per heavy atom. The van der Waals surface area contributed by atoms with Gasteiger partial charge >= 0.3 is 0 Å². The summed E-state index contributed by atoms with van der Waals surface area (Å²) in [5.74, 6) is 0.270. The van der Waals surface area contributed by atoms with Crippen LogP contribution in [0.15, 0.2) is 21.7 Å². The lowest BCUT2D eigenvalue weighted by Crippen LogP contribution is -2.45. The molecule has 7 heteroatoms. The number of rotatable bonds is 9. The van der Waals surface area contributed by atoms with Crippen molar-refractivity contribution in [1.29, 1.82) is 0 Å². The molecule has 0 bridgehead atoms. The highest BCUT2D eigenvalue weighted by atomic mass is 32.2. The summed E-state index contributed by atoms with van der Waals surface area (Å²) < 4.78 is 27.1. The van der Waals surface area contributed by atoms with E-state index in [1.54, 1.807) is 17.5 Å². The number of carbonyl (C=O) groups is 1. The third-order valence-corrected chi connectivity index (χ3v) is 8.19. The lowest BCUT2D eigenvalue weighted by Gasteiger charge is -2.31. The number of piperidine rings is 1. The molecule has 5 nitrogen and oxygen atoms in total. The Morgan fingerprint density at radius 1 is 1.44 bits per heavy atom. The molecule has 1 N–H and O–H groups in total. The van der Waals surface area contributed by atoms with Gasteiger partial charge in [-0.05, 0) is 36.6 Å². The van der Waals surface area contributed by atoms with E-state index in [0.717, 1.165) is 25.7 Å². The molecule has 1 saturated heterocycles. The molecule has 2 rings (SSSR count). The van der Waals surface area contributed by atoms with E-state index >= 15 is 0 Å². The first kappa shape index (κ1) is 20.4. The smallest absolute Gasteiger partial charge is 0.252 e. The normalized spacial score (nSPS) is 20.3. The molecule has 2 unspecified atom stereocenters. The van der Waals surface area contributed by atoms with Crippen molar-refractivity contribution in [3.63, 3.8) is 0 Å². The minimum absolute atomic E-state index is 0.000952. The molecule has 1 aliphatic rings. The Balaban J connectivity index is 1.91. The van der Waals surface area contributed by atoms with Gasteiger partial charge in [0.05, 0.1) is 5.92 Å². The van der Waals surface area contributed by atoms with E-state index in [-0.39, 0.29) is 18.4 Å². The molecule has 1 aliphatic heterocycles. The summed E-state index contributed by atoms with van der Waals surface area (Å²) in [5, 5.41) is 4.83. The molecule has 0 radical (unpaired) electrons. The average Bonchev–Trinajstić information content (AvgIpc) is 3.17. The van der Waals surface area contributed by atoms with Gasteiger partial charge < -0.3 is 5.32 Å². The van der Waals surface area contributed by atoms with Crippen LogP contribution in [0, 0.1) is 11.8 Å². The molecule has 0 aromatic carbocycles. The molecule has 0 saturated carbocycles. The Morgan fingerprint density at radius 3 is 2.88 bits per heavy atom. The fourth-order valence-electron chi connectivity index (χ4n) is 3.24. The Kier molecular flexibility index (Phi) is 7.90. The first-order chi connectivity index (χ1) is 12.0. The molecule has 1 amide bonds. The quantitative estimate of drug-likeness (QED) is 0.706. The molecule has 1 aromatic heterocycles. The van der Waals surface area contributed by atoms with Crippen LogP contribution in [0.1, 0.15) is 52.4 Å². The van der Waals surface area contributed by atoms with Gasteiger partial charge in [0.2, 0.25) is 5.91 Å². The highest BCUT2D eigenvalue weighted by Crippen LogP contribution is 2.26. The summed E-state index contributed by atoms with van der Waals surface area (Å²) in [7, 11) is -3.46. The van der Waals surface area contributed by atoms with Gasteiger partial charge in [-0.25, -0.2) is 8.42 Å². The van der Waals surface area contributed by atoms with Crippen LogP contribution in [-0.2, 0) is 14.8 Å². The lowest BCUT2D eigenvalue weighted by atomic mass is 9.96. The minimum Gasteiger partial charge on any atom is -0.356 e. The highest BCUT2D eigenvalue weighted by molar-refractivity contribution is 7.91. The minimum atomic E-state index is -3.46. The van der Waals surface area contributed by atoms with Crippen LogP contribution in [0.3, 0.4) is 0 Å². The molecule has 2 heterocycles. The van der Waals surface area contributed by atoms with E-state index in [9.17, 15) is 13.2 Å². The van der Waals surface area contributed by atoms with Crippen molar-refractivity contribution in [3.05, 3.63) is 17.5 Å². The standard InChI is InChI=1S/C18H30N2O3S2/c1-3-5-8-15(4-2)13-19-18(21)16-9-6-11-20(14-16)25(22,23)17-10-7-12-24-17/h7,10,12,15-16H,3-6,8-9,11,13-14H2,1-2H3,(H,19,21). The molecule has 1 aromatic rings. The molecular weight excluding hydrogens is 356 g/mol. The third-order valence-electron chi connectivity index (χ3n) is 4.95. The van der Waals surface area contributed by atoms with Gasteiger partial charge in [0.25, 0.3) is 10.0 Å². The molecule has 0 spiro atoms. The van der Waals surface area contributed by atoms with Crippen LogP contribution >= 0.6 is 11.3 Å². The number of sulfonamides is 1. The van der Waals surface area contributed by atoms with Gasteiger partial charge in [-0.3, -0.25) is 4.79 Å². The van der Waals surface area contributed by atoms with E-state index in [4.69, 9.17) is 0 Å². The van der Waals surface area contributed by atoms with Gasteiger partial charge in [-0.15, -0.1) is 11.3 Å². The maximum Gasteiger partial charge on any atom is 0.252 e. The number of nitrogens with zero attached hydrogens (tertiary/aromatic N) is 1. The van der Waals surface area contributed by atoms with E-state index < -0.39 is 10.0 Å². The summed E-state index contributed by atoms with van der Waals surface area (Å²) in [6, 6.07) is 3.37. The summed E-state index contributed by atoms with van der Waals surface area (Å²) in [6.45, 7) is 5.82. The van der Waals surface area contributed by atoms with Crippen LogP contribution in [0.2, 0.25) is 0 Å². The summed E-state index contributed by atoms with van der Waals surface area (Å²) in [4.78, 5) is 12.5. The van der Waals surface area contributed by atoms with Crippen LogP contribution in [-0.4, -0.2) is 38.3 Å². The summed E-state index contributed by atoms with van der Waals surface area (Å²) in [5.41, 5.74) is 0. The van der Waals surface area contributed by atoms with Crippen LogP contribution in [0.25, 0.3) is 0 Å². The monoisotopic (exact) mass is 386 g/mol. The van der Waals surface area contributed by atoms with Gasteiger partial charge in [-0.2, -0.15) is 4.31 Å². The number of unbranched alkanes of at least 4 members (excludes halogenated alkanes) is 1. The van der Waals surface area contributed by atoms with Crippen molar-refractivity contribution in [2.75, 3.05) is 19.6 Å². The number of hydrogen-bond acceptors (Lipinski definition) is 4. The zero-order valence-electron chi connectivity index (χ0n) is 15.2. The third kappa shape index (κ3) is 5.53. The molecule has 0 aliphatic carbocycles. The predicted octanol–water partition coefficient (Wildman–Crippen LogP) is 3.48. The SMILES string of the molecule is CCCCC(CC)CNC(=O)C1CCCN(S(=O)(=O)c2cccs2)C1. The van der Waals surface area contributed by atoms with Gasteiger partial charge in [0.15, 0.2) is 0 Å². The summed E-state index contributed by atoms with van der Waals surface area (Å²) in [6.07, 6.45) is 6.04. The first-order valence-electron chi connectivity index (χ1n) is 9.30. The molecule has 25 heavy (non-hydrogen) atoms. The summed E-state index contributed by atoms with van der Waals surface area (Å²) >= 11 is 1.23. The van der Waals surface area contributed by atoms with Crippen molar-refractivity contribution in [2.45, 2.75) is 56.6 Å². The van der Waals surface area contributed by atoms with Crippen LogP contribution in [0.5, 0.6) is 0 Å². The zero-order chi connectivity index (χ0) is 18.3. The predicted molar refractivity (Wildman–Crippen MR) is 102 cm³/mol. The Labute approximate surface area is 155 Å². The molecule has 142 valence electrons. The largest absolute Gasteiger partial charge is 0.356 e. The maximum atomic E-state index is 12.7. The number of amides is 1. The lowest BCUT2D eigenvalue weighted by molar-refractivity contribution is -0.126. The maximum absolute atomic E-state index is 12.7. The Bertz CT molecular complexity index is 629. The number of hydrogen-bond donors (Lipinski definition) is 1. The molecule has 2 atom stereocenters. The van der Waals surface area contributed by atoms with E-state index in [1.807, 2.05) is 0 Å². The molecular formula is C18H30N2O3S2. The second-order valence-corrected chi connectivity index (χ2v) is 9.91. The average molecular weight is 387 g/mol. The second kappa shape index (κ2) is 9.69. The fourth-order valence-corrected chi connectivity index (χ4v) is 5.91. The van der Waals surface area contributed by atoms with Crippen molar-refractivity contribution in [1.82, 2.24) is 9.62 Å². The highest BCUT2D eigenvalue weighted by Gasteiger charge is 2.33. The first-order valence-corrected chi connectivity index (χ1v) is 11.6. The van der Waals surface area contributed by atoms with E-state index in [1.165, 1.54) is 28.5 Å². The van der Waals surface area contributed by atoms with E-state index in [0.29, 0.717) is 23.2 Å². The van der Waals surface area contributed by atoms with Crippen molar-refractivity contribution in [2.24, 2.45) is 11.8 Å². The fraction of sp³-hybridized carbons (Fsp3) is 0.722. The van der Waals surface area contributed by atoms with Gasteiger partial charge in [0.1, 0.15) is 4.21 Å². The van der Waals surface area contributed by atoms with Gasteiger partial charge in [0, 0.05) is 19.6 Å². The second-order valence-electron chi connectivity index (χ2n) is 6.80. The van der Waals surface area contributed by atoms with Crippen molar-refractivity contribution >= 4 is 27.3 Å². The number of carbonyl (C=O) groups excluding carboxylic acids is 1. The number of thiophene rings is 1. The van der Waals surface area contributed by atoms with Crippen molar-refractivity contribution in [3.8, 4) is 0 Å². The Hall–Kier alpha value is -0.920. The topological polar surface area (TPSA) is 66.5 Å². The van der Waals surface area contributed by atoms with E-state index in [2.05, 4.69) is 19.2 Å².